The Morgan fingerprint density at radius 2 is 2.16 bits per heavy atom. The molecule has 104 valence electrons. The van der Waals surface area contributed by atoms with Gasteiger partial charge >= 0.3 is 0 Å². The topological polar surface area (TPSA) is 56.5 Å². The molecular formula is C14H20N2O2S. The summed E-state index contributed by atoms with van der Waals surface area (Å²) in [7, 11) is 1.67. The normalized spacial score (nSPS) is 12.9. The molecule has 0 aliphatic rings. The lowest BCUT2D eigenvalue weighted by Crippen LogP contribution is -2.29. The van der Waals surface area contributed by atoms with Gasteiger partial charge in [-0.2, -0.15) is 0 Å². The molecule has 1 aromatic carbocycles. The Hall–Kier alpha value is -0.980. The van der Waals surface area contributed by atoms with Crippen molar-refractivity contribution in [2.24, 2.45) is 5.84 Å². The molecule has 1 unspecified atom stereocenters. The van der Waals surface area contributed by atoms with Gasteiger partial charge in [0.05, 0.1) is 13.2 Å². The van der Waals surface area contributed by atoms with E-state index in [2.05, 4.69) is 35.1 Å². The molecule has 1 heterocycles. The lowest BCUT2D eigenvalue weighted by molar-refractivity contribution is 0.0658. The second kappa shape index (κ2) is 7.57. The maximum atomic E-state index is 5.68. The Labute approximate surface area is 117 Å². The van der Waals surface area contributed by atoms with Crippen molar-refractivity contribution >= 4 is 21.4 Å². The summed E-state index contributed by atoms with van der Waals surface area (Å²) in [6.07, 6.45) is 0.844. The molecule has 4 nitrogen and oxygen atoms in total. The molecule has 0 bridgehead atoms. The van der Waals surface area contributed by atoms with E-state index in [1.54, 1.807) is 18.4 Å². The fraction of sp³-hybridized carbons (Fsp3) is 0.429. The maximum Gasteiger partial charge on any atom is 0.0700 e. The molecule has 0 spiro atoms. The molecule has 1 atom stereocenters. The summed E-state index contributed by atoms with van der Waals surface area (Å²) in [4.78, 5) is 0. The average molecular weight is 280 g/mol. The Kier molecular flexibility index (Phi) is 5.75. The van der Waals surface area contributed by atoms with Gasteiger partial charge in [0, 0.05) is 24.5 Å². The highest BCUT2D eigenvalue weighted by atomic mass is 32.1. The molecule has 0 saturated carbocycles. The predicted molar refractivity (Wildman–Crippen MR) is 79.2 cm³/mol. The minimum atomic E-state index is 0.116. The minimum absolute atomic E-state index is 0.116. The van der Waals surface area contributed by atoms with Crippen molar-refractivity contribution in [3.05, 3.63) is 35.2 Å². The molecule has 0 fully saturated rings. The van der Waals surface area contributed by atoms with E-state index in [1.165, 1.54) is 15.6 Å². The number of thiophene rings is 1. The number of hydrogen-bond acceptors (Lipinski definition) is 5. The van der Waals surface area contributed by atoms with Crippen molar-refractivity contribution in [3.8, 4) is 0 Å². The van der Waals surface area contributed by atoms with Crippen molar-refractivity contribution < 1.29 is 9.47 Å². The van der Waals surface area contributed by atoms with Crippen LogP contribution in [0.25, 0.3) is 10.1 Å². The van der Waals surface area contributed by atoms with Gasteiger partial charge in [0.15, 0.2) is 0 Å². The van der Waals surface area contributed by atoms with Gasteiger partial charge < -0.3 is 9.47 Å². The lowest BCUT2D eigenvalue weighted by Gasteiger charge is -2.17. The summed E-state index contributed by atoms with van der Waals surface area (Å²) in [6.45, 7) is 1.91. The molecule has 0 aliphatic heterocycles. The number of methoxy groups -OCH3 is 1. The number of fused-ring (bicyclic) bond motifs is 1. The van der Waals surface area contributed by atoms with Crippen molar-refractivity contribution in [2.45, 2.75) is 12.5 Å². The standard InChI is InChI=1S/C14H20N2O2S/c1-17-8-9-18-7-5-13(16-15)12-4-2-3-11-6-10-19-14(11)12/h2-4,6,10,13,16H,5,7-9,15H2,1H3. The third kappa shape index (κ3) is 3.75. The van der Waals surface area contributed by atoms with Crippen molar-refractivity contribution in [3.63, 3.8) is 0 Å². The molecular weight excluding hydrogens is 260 g/mol. The van der Waals surface area contributed by atoms with E-state index in [1.807, 2.05) is 0 Å². The van der Waals surface area contributed by atoms with Crippen LogP contribution in [0.4, 0.5) is 0 Å². The summed E-state index contributed by atoms with van der Waals surface area (Å²) < 4.78 is 11.7. The fourth-order valence-electron chi connectivity index (χ4n) is 2.06. The average Bonchev–Trinajstić information content (AvgIpc) is 2.91. The zero-order chi connectivity index (χ0) is 13.5. The summed E-state index contributed by atoms with van der Waals surface area (Å²) in [5.41, 5.74) is 4.13. The Morgan fingerprint density at radius 3 is 2.95 bits per heavy atom. The van der Waals surface area contributed by atoms with E-state index in [4.69, 9.17) is 15.3 Å². The lowest BCUT2D eigenvalue weighted by atomic mass is 10.0. The maximum absolute atomic E-state index is 5.68. The second-order valence-corrected chi connectivity index (χ2v) is 5.22. The minimum Gasteiger partial charge on any atom is -0.382 e. The van der Waals surface area contributed by atoms with Crippen LogP contribution in [0.5, 0.6) is 0 Å². The number of hydrazine groups is 1. The highest BCUT2D eigenvalue weighted by Crippen LogP contribution is 2.30. The van der Waals surface area contributed by atoms with Gasteiger partial charge in [-0.15, -0.1) is 11.3 Å². The molecule has 2 aromatic rings. The molecule has 5 heteroatoms. The van der Waals surface area contributed by atoms with Crippen LogP contribution in [0.3, 0.4) is 0 Å². The first-order chi connectivity index (χ1) is 9.36. The Balaban J connectivity index is 1.99. The smallest absolute Gasteiger partial charge is 0.0700 e. The van der Waals surface area contributed by atoms with E-state index in [9.17, 15) is 0 Å². The molecule has 0 radical (unpaired) electrons. The first-order valence-electron chi connectivity index (χ1n) is 6.35. The van der Waals surface area contributed by atoms with Gasteiger partial charge in [-0.1, -0.05) is 18.2 Å². The summed E-state index contributed by atoms with van der Waals surface area (Å²) >= 11 is 1.75. The molecule has 1 aromatic heterocycles. The van der Waals surface area contributed by atoms with E-state index in [0.717, 1.165) is 6.42 Å². The van der Waals surface area contributed by atoms with Gasteiger partial charge in [-0.25, -0.2) is 0 Å². The first-order valence-corrected chi connectivity index (χ1v) is 7.23. The van der Waals surface area contributed by atoms with E-state index < -0.39 is 0 Å². The largest absolute Gasteiger partial charge is 0.382 e. The number of hydrogen-bond donors (Lipinski definition) is 2. The van der Waals surface area contributed by atoms with Gasteiger partial charge in [0.25, 0.3) is 0 Å². The third-order valence-electron chi connectivity index (χ3n) is 3.07. The number of nitrogens with one attached hydrogen (secondary N) is 1. The van der Waals surface area contributed by atoms with Gasteiger partial charge in [0.2, 0.25) is 0 Å². The number of benzene rings is 1. The number of ether oxygens (including phenoxy) is 2. The van der Waals surface area contributed by atoms with Crippen LogP contribution in [0.1, 0.15) is 18.0 Å². The molecule has 0 amide bonds. The fourth-order valence-corrected chi connectivity index (χ4v) is 3.03. The van der Waals surface area contributed by atoms with Gasteiger partial charge in [-0.3, -0.25) is 11.3 Å². The SMILES string of the molecule is COCCOCCC(NN)c1cccc2ccsc12. The van der Waals surface area contributed by atoms with Crippen LogP contribution < -0.4 is 11.3 Å². The molecule has 2 rings (SSSR count). The van der Waals surface area contributed by atoms with Crippen LogP contribution in [0.15, 0.2) is 29.6 Å². The highest BCUT2D eigenvalue weighted by molar-refractivity contribution is 7.17. The van der Waals surface area contributed by atoms with E-state index in [-0.39, 0.29) is 6.04 Å². The van der Waals surface area contributed by atoms with E-state index in [0.29, 0.717) is 19.8 Å². The third-order valence-corrected chi connectivity index (χ3v) is 4.05. The van der Waals surface area contributed by atoms with Crippen LogP contribution in [0, 0.1) is 0 Å². The van der Waals surface area contributed by atoms with Gasteiger partial charge in [0.1, 0.15) is 0 Å². The van der Waals surface area contributed by atoms with Crippen LogP contribution in [-0.2, 0) is 9.47 Å². The van der Waals surface area contributed by atoms with Crippen molar-refractivity contribution in [2.75, 3.05) is 26.9 Å². The van der Waals surface area contributed by atoms with Crippen LogP contribution in [-0.4, -0.2) is 26.9 Å². The second-order valence-electron chi connectivity index (χ2n) is 4.30. The summed E-state index contributed by atoms with van der Waals surface area (Å²) in [6, 6.07) is 8.56. The monoisotopic (exact) mass is 280 g/mol. The van der Waals surface area contributed by atoms with Crippen LogP contribution in [0.2, 0.25) is 0 Å². The molecule has 19 heavy (non-hydrogen) atoms. The van der Waals surface area contributed by atoms with E-state index >= 15 is 0 Å². The van der Waals surface area contributed by atoms with Gasteiger partial charge in [-0.05, 0) is 28.8 Å². The molecule has 3 N–H and O–H groups in total. The van der Waals surface area contributed by atoms with Crippen LogP contribution >= 0.6 is 11.3 Å². The molecule has 0 saturated heterocycles. The summed E-state index contributed by atoms with van der Waals surface area (Å²) in [5.74, 6) is 5.68. The summed E-state index contributed by atoms with van der Waals surface area (Å²) in [5, 5.41) is 3.37. The highest BCUT2D eigenvalue weighted by Gasteiger charge is 2.13. The Bertz CT molecular complexity index is 501. The quantitative estimate of drug-likeness (QED) is 0.443. The molecule has 0 aliphatic carbocycles. The van der Waals surface area contributed by atoms with Crippen molar-refractivity contribution in [1.29, 1.82) is 0 Å². The zero-order valence-electron chi connectivity index (χ0n) is 11.1. The zero-order valence-corrected chi connectivity index (χ0v) is 11.9. The number of nitrogens with two attached hydrogens (primary N) is 1. The number of rotatable bonds is 8. The Morgan fingerprint density at radius 1 is 1.26 bits per heavy atom. The van der Waals surface area contributed by atoms with Crippen molar-refractivity contribution in [1.82, 2.24) is 5.43 Å². The predicted octanol–water partition coefficient (Wildman–Crippen LogP) is 2.46. The first kappa shape index (κ1) is 14.4.